The number of hydrogen-bond acceptors (Lipinski definition) is 4. The van der Waals surface area contributed by atoms with Crippen molar-refractivity contribution >= 4 is 11.8 Å². The van der Waals surface area contributed by atoms with Gasteiger partial charge in [-0.05, 0) is 25.7 Å². The molecule has 2 heterocycles. The molecule has 2 saturated heterocycles. The van der Waals surface area contributed by atoms with Crippen molar-refractivity contribution in [2.24, 2.45) is 11.5 Å². The van der Waals surface area contributed by atoms with E-state index in [-0.39, 0.29) is 24.0 Å². The first-order valence-electron chi connectivity index (χ1n) is 5.43. The molecule has 2 unspecified atom stereocenters. The van der Waals surface area contributed by atoms with Crippen LogP contribution in [0, 0.1) is 0 Å². The third-order valence-corrected chi connectivity index (χ3v) is 2.49. The van der Waals surface area contributed by atoms with Gasteiger partial charge in [0, 0.05) is 13.2 Å². The van der Waals surface area contributed by atoms with Crippen LogP contribution in [0.25, 0.3) is 0 Å². The highest BCUT2D eigenvalue weighted by molar-refractivity contribution is 5.79. The van der Waals surface area contributed by atoms with E-state index < -0.39 is 0 Å². The molecule has 0 aliphatic carbocycles. The molecule has 4 N–H and O–H groups in total. The molecule has 2 amide bonds. The molecular formula is C10H18N2O4. The second kappa shape index (κ2) is 6.44. The summed E-state index contributed by atoms with van der Waals surface area (Å²) in [5.41, 5.74) is 9.87. The normalized spacial score (nSPS) is 28.2. The van der Waals surface area contributed by atoms with Crippen molar-refractivity contribution < 1.29 is 19.1 Å². The SMILES string of the molecule is NC(=O)C1CCCO1.NC(=O)C1CCCO1. The Morgan fingerprint density at radius 1 is 0.875 bits per heavy atom. The molecule has 2 fully saturated rings. The summed E-state index contributed by atoms with van der Waals surface area (Å²) in [6, 6.07) is 0. The highest BCUT2D eigenvalue weighted by Gasteiger charge is 2.20. The maximum absolute atomic E-state index is 10.3. The van der Waals surface area contributed by atoms with E-state index in [4.69, 9.17) is 20.9 Å². The van der Waals surface area contributed by atoms with Crippen LogP contribution < -0.4 is 11.5 Å². The molecule has 0 radical (unpaired) electrons. The Balaban J connectivity index is 0.000000160. The summed E-state index contributed by atoms with van der Waals surface area (Å²) in [6.07, 6.45) is 2.94. The van der Waals surface area contributed by atoms with Gasteiger partial charge >= 0.3 is 0 Å². The number of primary amides is 2. The first kappa shape index (κ1) is 12.9. The number of rotatable bonds is 2. The standard InChI is InChI=1S/2C5H9NO2/c2*6-5(7)4-2-1-3-8-4/h2*4H,1-3H2,(H2,6,7). The molecule has 6 heteroatoms. The fraction of sp³-hybridized carbons (Fsp3) is 0.800. The maximum Gasteiger partial charge on any atom is 0.246 e. The van der Waals surface area contributed by atoms with Gasteiger partial charge in [-0.1, -0.05) is 0 Å². The van der Waals surface area contributed by atoms with Gasteiger partial charge in [0.25, 0.3) is 0 Å². The Bertz CT molecular complexity index is 219. The summed E-state index contributed by atoms with van der Waals surface area (Å²) in [5.74, 6) is -0.662. The summed E-state index contributed by atoms with van der Waals surface area (Å²) >= 11 is 0. The van der Waals surface area contributed by atoms with Gasteiger partial charge < -0.3 is 20.9 Å². The predicted octanol–water partition coefficient (Wildman–Crippen LogP) is -0.699. The highest BCUT2D eigenvalue weighted by atomic mass is 16.5. The van der Waals surface area contributed by atoms with E-state index in [9.17, 15) is 9.59 Å². The van der Waals surface area contributed by atoms with Crippen LogP contribution in [0.2, 0.25) is 0 Å². The van der Waals surface area contributed by atoms with E-state index in [1.54, 1.807) is 0 Å². The van der Waals surface area contributed by atoms with Gasteiger partial charge in [0.15, 0.2) is 0 Å². The zero-order valence-electron chi connectivity index (χ0n) is 9.19. The molecule has 0 bridgehead atoms. The lowest BCUT2D eigenvalue weighted by molar-refractivity contribution is -0.127. The minimum Gasteiger partial charge on any atom is -0.368 e. The molecule has 0 aromatic heterocycles. The molecule has 92 valence electrons. The topological polar surface area (TPSA) is 105 Å². The van der Waals surface area contributed by atoms with Gasteiger partial charge in [-0.3, -0.25) is 9.59 Å². The molecule has 6 nitrogen and oxygen atoms in total. The smallest absolute Gasteiger partial charge is 0.246 e. The van der Waals surface area contributed by atoms with Gasteiger partial charge in [-0.25, -0.2) is 0 Å². The van der Waals surface area contributed by atoms with E-state index >= 15 is 0 Å². The molecule has 0 aromatic carbocycles. The third-order valence-electron chi connectivity index (χ3n) is 2.49. The summed E-state index contributed by atoms with van der Waals surface area (Å²) in [4.78, 5) is 20.6. The van der Waals surface area contributed by atoms with Gasteiger partial charge in [0.1, 0.15) is 12.2 Å². The number of hydrogen-bond donors (Lipinski definition) is 2. The Morgan fingerprint density at radius 3 is 1.38 bits per heavy atom. The van der Waals surface area contributed by atoms with Crippen LogP contribution in [0.1, 0.15) is 25.7 Å². The number of amides is 2. The monoisotopic (exact) mass is 230 g/mol. The third kappa shape index (κ3) is 4.16. The van der Waals surface area contributed by atoms with Gasteiger partial charge in [0.2, 0.25) is 11.8 Å². The van der Waals surface area contributed by atoms with Crippen LogP contribution in [0.4, 0.5) is 0 Å². The van der Waals surface area contributed by atoms with E-state index in [2.05, 4.69) is 0 Å². The van der Waals surface area contributed by atoms with Crippen LogP contribution in [-0.4, -0.2) is 37.2 Å². The molecular weight excluding hydrogens is 212 g/mol. The van der Waals surface area contributed by atoms with Crippen LogP contribution >= 0.6 is 0 Å². The first-order chi connectivity index (χ1) is 7.61. The Morgan fingerprint density at radius 2 is 1.25 bits per heavy atom. The lowest BCUT2D eigenvalue weighted by Gasteiger charge is -2.00. The van der Waals surface area contributed by atoms with Crippen molar-refractivity contribution in [3.8, 4) is 0 Å². The van der Waals surface area contributed by atoms with Gasteiger partial charge in [-0.15, -0.1) is 0 Å². The molecule has 2 aliphatic rings. The number of carbonyl (C=O) groups excluding carboxylic acids is 2. The lowest BCUT2D eigenvalue weighted by atomic mass is 10.2. The van der Waals surface area contributed by atoms with E-state index in [1.807, 2.05) is 0 Å². The number of carbonyl (C=O) groups is 2. The molecule has 2 rings (SSSR count). The van der Waals surface area contributed by atoms with Crippen LogP contribution in [0.3, 0.4) is 0 Å². The molecule has 0 spiro atoms. The van der Waals surface area contributed by atoms with Crippen molar-refractivity contribution in [3.05, 3.63) is 0 Å². The minimum atomic E-state index is -0.331. The quantitative estimate of drug-likeness (QED) is 0.654. The van der Waals surface area contributed by atoms with Crippen LogP contribution in [-0.2, 0) is 19.1 Å². The minimum absolute atomic E-state index is 0.296. The van der Waals surface area contributed by atoms with E-state index in [1.165, 1.54) is 0 Å². The fourth-order valence-corrected chi connectivity index (χ4v) is 1.60. The molecule has 2 aliphatic heterocycles. The van der Waals surface area contributed by atoms with Crippen LogP contribution in [0.15, 0.2) is 0 Å². The maximum atomic E-state index is 10.3. The van der Waals surface area contributed by atoms with Gasteiger partial charge in [-0.2, -0.15) is 0 Å². The molecule has 2 atom stereocenters. The van der Waals surface area contributed by atoms with E-state index in [0.717, 1.165) is 25.7 Å². The van der Waals surface area contributed by atoms with Crippen molar-refractivity contribution in [3.63, 3.8) is 0 Å². The fourth-order valence-electron chi connectivity index (χ4n) is 1.60. The summed E-state index contributed by atoms with van der Waals surface area (Å²) < 4.78 is 9.88. The van der Waals surface area contributed by atoms with Crippen molar-refractivity contribution in [2.75, 3.05) is 13.2 Å². The first-order valence-corrected chi connectivity index (χ1v) is 5.43. The summed E-state index contributed by atoms with van der Waals surface area (Å²) in [5, 5.41) is 0. The molecule has 0 saturated carbocycles. The number of ether oxygens (including phenoxy) is 2. The van der Waals surface area contributed by atoms with Crippen LogP contribution in [0.5, 0.6) is 0 Å². The predicted molar refractivity (Wildman–Crippen MR) is 56.3 cm³/mol. The average Bonchev–Trinajstić information content (AvgIpc) is 2.93. The highest BCUT2D eigenvalue weighted by Crippen LogP contribution is 2.10. The zero-order chi connectivity index (χ0) is 12.0. The van der Waals surface area contributed by atoms with Crippen molar-refractivity contribution in [1.29, 1.82) is 0 Å². The summed E-state index contributed by atoms with van der Waals surface area (Å²) in [6.45, 7) is 1.38. The zero-order valence-corrected chi connectivity index (χ0v) is 9.19. The Kier molecular flexibility index (Phi) is 5.21. The second-order valence-electron chi connectivity index (χ2n) is 3.81. The summed E-state index contributed by atoms with van der Waals surface area (Å²) in [7, 11) is 0. The molecule has 16 heavy (non-hydrogen) atoms. The van der Waals surface area contributed by atoms with E-state index in [0.29, 0.717) is 13.2 Å². The van der Waals surface area contributed by atoms with Crippen molar-refractivity contribution in [2.45, 2.75) is 37.9 Å². The van der Waals surface area contributed by atoms with Crippen molar-refractivity contribution in [1.82, 2.24) is 0 Å². The van der Waals surface area contributed by atoms with Gasteiger partial charge in [0.05, 0.1) is 0 Å². The second-order valence-corrected chi connectivity index (χ2v) is 3.81. The number of nitrogens with two attached hydrogens (primary N) is 2. The Hall–Kier alpha value is -1.14. The Labute approximate surface area is 94.2 Å². The largest absolute Gasteiger partial charge is 0.368 e. The average molecular weight is 230 g/mol. The lowest BCUT2D eigenvalue weighted by Crippen LogP contribution is -2.27. The molecule has 0 aromatic rings.